The average Bonchev–Trinajstić information content (AvgIpc) is 3.53. The molecule has 1 aliphatic rings. The molecule has 0 amide bonds. The van der Waals surface area contributed by atoms with E-state index in [1.165, 1.54) is 6.20 Å². The summed E-state index contributed by atoms with van der Waals surface area (Å²) in [5.74, 6) is 0.419. The van der Waals surface area contributed by atoms with Gasteiger partial charge >= 0.3 is 6.18 Å². The molecule has 3 aromatic rings. The number of hydrogen-bond acceptors (Lipinski definition) is 3. The standard InChI is InChI=1S/C22H16ClF3N2O/c23-21(29)17-10-15(13-6-7-13)8-9-19(17)28-16-11-18(22(24,25)26)20(27-12-16)14-4-2-1-3-5-14/h1-5,8-13,28H,6-7H2. The van der Waals surface area contributed by atoms with Crippen molar-refractivity contribution >= 4 is 28.2 Å². The molecule has 29 heavy (non-hydrogen) atoms. The maximum absolute atomic E-state index is 13.7. The molecule has 1 fully saturated rings. The summed E-state index contributed by atoms with van der Waals surface area (Å²) in [5, 5.41) is 2.20. The summed E-state index contributed by atoms with van der Waals surface area (Å²) in [4.78, 5) is 15.9. The van der Waals surface area contributed by atoms with Crippen molar-refractivity contribution in [2.24, 2.45) is 0 Å². The number of halogens is 4. The summed E-state index contributed by atoms with van der Waals surface area (Å²) in [6.07, 6.45) is -1.16. The molecule has 1 aromatic heterocycles. The molecule has 0 bridgehead atoms. The Morgan fingerprint density at radius 1 is 1.07 bits per heavy atom. The lowest BCUT2D eigenvalue weighted by atomic mass is 10.0. The lowest BCUT2D eigenvalue weighted by Crippen LogP contribution is -2.10. The number of alkyl halides is 3. The van der Waals surface area contributed by atoms with E-state index < -0.39 is 17.0 Å². The molecule has 0 atom stereocenters. The van der Waals surface area contributed by atoms with Crippen molar-refractivity contribution < 1.29 is 18.0 Å². The largest absolute Gasteiger partial charge is 0.418 e. The predicted molar refractivity (Wildman–Crippen MR) is 107 cm³/mol. The molecule has 0 radical (unpaired) electrons. The van der Waals surface area contributed by atoms with Crippen molar-refractivity contribution in [2.45, 2.75) is 24.9 Å². The second kappa shape index (κ2) is 7.52. The van der Waals surface area contributed by atoms with Crippen LogP contribution in [0.15, 0.2) is 60.8 Å². The first kappa shape index (κ1) is 19.5. The molecule has 1 aliphatic carbocycles. The van der Waals surface area contributed by atoms with E-state index in [-0.39, 0.29) is 16.9 Å². The number of carbonyl (C=O) groups excluding carboxylic acids is 1. The zero-order valence-corrected chi connectivity index (χ0v) is 15.9. The Hall–Kier alpha value is -2.86. The predicted octanol–water partition coefficient (Wildman–Crippen LogP) is 6.77. The third kappa shape index (κ3) is 4.27. The fourth-order valence-electron chi connectivity index (χ4n) is 3.23. The number of anilines is 2. The van der Waals surface area contributed by atoms with Crippen molar-refractivity contribution in [2.75, 3.05) is 5.32 Å². The van der Waals surface area contributed by atoms with Crippen LogP contribution in [0.1, 0.15) is 40.2 Å². The van der Waals surface area contributed by atoms with E-state index in [4.69, 9.17) is 11.6 Å². The van der Waals surface area contributed by atoms with Crippen LogP contribution in [0, 0.1) is 0 Å². The molecule has 0 aliphatic heterocycles. The Morgan fingerprint density at radius 3 is 2.41 bits per heavy atom. The van der Waals surface area contributed by atoms with Crippen LogP contribution in [-0.4, -0.2) is 10.2 Å². The number of rotatable bonds is 5. The van der Waals surface area contributed by atoms with Crippen molar-refractivity contribution in [3.05, 3.63) is 77.5 Å². The van der Waals surface area contributed by atoms with Gasteiger partial charge in [0.25, 0.3) is 5.24 Å². The van der Waals surface area contributed by atoms with Crippen molar-refractivity contribution in [1.82, 2.24) is 4.98 Å². The van der Waals surface area contributed by atoms with Gasteiger partial charge in [-0.05, 0) is 54.1 Å². The highest BCUT2D eigenvalue weighted by Gasteiger charge is 2.35. The Morgan fingerprint density at radius 2 is 1.79 bits per heavy atom. The van der Waals surface area contributed by atoms with Crippen molar-refractivity contribution in [1.29, 1.82) is 0 Å². The number of pyridine rings is 1. The molecular weight excluding hydrogens is 401 g/mol. The Balaban J connectivity index is 1.72. The van der Waals surface area contributed by atoms with E-state index in [1.54, 1.807) is 42.5 Å². The van der Waals surface area contributed by atoms with Gasteiger partial charge in [-0.1, -0.05) is 36.4 Å². The highest BCUT2D eigenvalue weighted by Crippen LogP contribution is 2.42. The third-order valence-electron chi connectivity index (χ3n) is 4.82. The van der Waals surface area contributed by atoms with Crippen LogP contribution >= 0.6 is 11.6 Å². The smallest absolute Gasteiger partial charge is 0.354 e. The molecule has 7 heteroatoms. The molecule has 0 saturated heterocycles. The van der Waals surface area contributed by atoms with Gasteiger partial charge in [-0.25, -0.2) is 0 Å². The molecule has 1 saturated carbocycles. The maximum atomic E-state index is 13.7. The Bertz CT molecular complexity index is 1060. The second-order valence-electron chi connectivity index (χ2n) is 6.96. The molecule has 2 aromatic carbocycles. The molecule has 4 rings (SSSR count). The van der Waals surface area contributed by atoms with Crippen LogP contribution in [-0.2, 0) is 6.18 Å². The quantitative estimate of drug-likeness (QED) is 0.467. The first-order valence-corrected chi connectivity index (χ1v) is 9.44. The van der Waals surface area contributed by atoms with Crippen LogP contribution in [0.4, 0.5) is 24.5 Å². The minimum Gasteiger partial charge on any atom is -0.354 e. The SMILES string of the molecule is O=C(Cl)c1cc(C2CC2)ccc1Nc1cnc(-c2ccccc2)c(C(F)(F)F)c1. The first-order valence-electron chi connectivity index (χ1n) is 9.06. The third-order valence-corrected chi connectivity index (χ3v) is 5.03. The van der Waals surface area contributed by atoms with Gasteiger partial charge in [-0.3, -0.25) is 9.78 Å². The fourth-order valence-corrected chi connectivity index (χ4v) is 3.39. The Labute approximate surface area is 170 Å². The van der Waals surface area contributed by atoms with Crippen molar-refractivity contribution in [3.63, 3.8) is 0 Å². The second-order valence-corrected chi connectivity index (χ2v) is 7.31. The molecule has 1 N–H and O–H groups in total. The average molecular weight is 417 g/mol. The van der Waals surface area contributed by atoms with E-state index in [9.17, 15) is 18.0 Å². The number of aromatic nitrogens is 1. The minimum atomic E-state index is -4.59. The van der Waals surface area contributed by atoms with Gasteiger partial charge in [0.15, 0.2) is 0 Å². The number of benzene rings is 2. The maximum Gasteiger partial charge on any atom is 0.418 e. The monoisotopic (exact) mass is 416 g/mol. The first-order chi connectivity index (χ1) is 13.8. The molecular formula is C22H16ClF3N2O. The van der Waals surface area contributed by atoms with E-state index in [0.717, 1.165) is 24.5 Å². The van der Waals surface area contributed by atoms with Crippen LogP contribution in [0.5, 0.6) is 0 Å². The van der Waals surface area contributed by atoms with Crippen LogP contribution in [0.3, 0.4) is 0 Å². The van der Waals surface area contributed by atoms with Gasteiger partial charge in [-0.15, -0.1) is 0 Å². The van der Waals surface area contributed by atoms with Gasteiger partial charge in [0.05, 0.1) is 34.4 Å². The highest BCUT2D eigenvalue weighted by atomic mass is 35.5. The lowest BCUT2D eigenvalue weighted by Gasteiger charge is -2.16. The van der Waals surface area contributed by atoms with Crippen LogP contribution < -0.4 is 5.32 Å². The van der Waals surface area contributed by atoms with E-state index in [2.05, 4.69) is 10.3 Å². The Kier molecular flexibility index (Phi) is 5.04. The van der Waals surface area contributed by atoms with Gasteiger partial charge in [0.2, 0.25) is 0 Å². The fraction of sp³-hybridized carbons (Fsp3) is 0.182. The van der Waals surface area contributed by atoms with Crippen LogP contribution in [0.2, 0.25) is 0 Å². The molecule has 148 valence electrons. The number of hydrogen-bond donors (Lipinski definition) is 1. The van der Waals surface area contributed by atoms with Crippen LogP contribution in [0.25, 0.3) is 11.3 Å². The molecule has 0 unspecified atom stereocenters. The zero-order chi connectivity index (χ0) is 20.6. The summed E-state index contributed by atoms with van der Waals surface area (Å²) in [6.45, 7) is 0. The molecule has 1 heterocycles. The van der Waals surface area contributed by atoms with Gasteiger partial charge in [-0.2, -0.15) is 13.2 Å². The number of nitrogens with zero attached hydrogens (tertiary/aromatic N) is 1. The van der Waals surface area contributed by atoms with E-state index in [1.807, 2.05) is 6.07 Å². The van der Waals surface area contributed by atoms with E-state index in [0.29, 0.717) is 17.2 Å². The van der Waals surface area contributed by atoms with Crippen molar-refractivity contribution in [3.8, 4) is 11.3 Å². The summed E-state index contributed by atoms with van der Waals surface area (Å²) in [6, 6.07) is 14.4. The summed E-state index contributed by atoms with van der Waals surface area (Å²) in [7, 11) is 0. The highest BCUT2D eigenvalue weighted by molar-refractivity contribution is 6.68. The minimum absolute atomic E-state index is 0.121. The van der Waals surface area contributed by atoms with E-state index >= 15 is 0 Å². The number of carbonyl (C=O) groups is 1. The van der Waals surface area contributed by atoms with Gasteiger partial charge in [0, 0.05) is 5.56 Å². The lowest BCUT2D eigenvalue weighted by molar-refractivity contribution is -0.137. The van der Waals surface area contributed by atoms with Gasteiger partial charge < -0.3 is 5.32 Å². The topological polar surface area (TPSA) is 42.0 Å². The number of nitrogens with one attached hydrogen (secondary N) is 1. The molecule has 3 nitrogen and oxygen atoms in total. The normalized spacial score (nSPS) is 13.9. The van der Waals surface area contributed by atoms with Gasteiger partial charge in [0.1, 0.15) is 0 Å². The summed E-state index contributed by atoms with van der Waals surface area (Å²) in [5.41, 5.74) is 1.07. The molecule has 0 spiro atoms. The zero-order valence-electron chi connectivity index (χ0n) is 15.1. The summed E-state index contributed by atoms with van der Waals surface area (Å²) >= 11 is 5.71. The summed E-state index contributed by atoms with van der Waals surface area (Å²) < 4.78 is 41.0.